The molecule has 0 N–H and O–H groups in total. The van der Waals surface area contributed by atoms with Crippen LogP contribution in [0.1, 0.15) is 30.3 Å². The van der Waals surface area contributed by atoms with Crippen molar-refractivity contribution >= 4 is 5.91 Å². The number of nitrogens with zero attached hydrogens (tertiary/aromatic N) is 2. The molecule has 1 aliphatic rings. The van der Waals surface area contributed by atoms with Crippen LogP contribution < -0.4 is 0 Å². The molecule has 1 aromatic rings. The molecule has 0 radical (unpaired) electrons. The number of carbonyl (C=O) groups excluding carboxylic acids is 1. The third-order valence-corrected chi connectivity index (χ3v) is 3.11. The van der Waals surface area contributed by atoms with Crippen LogP contribution in [0.3, 0.4) is 0 Å². The molecule has 1 aliphatic heterocycles. The second-order valence-corrected chi connectivity index (χ2v) is 4.50. The minimum atomic E-state index is 0.175. The van der Waals surface area contributed by atoms with Gasteiger partial charge in [0.15, 0.2) is 0 Å². The van der Waals surface area contributed by atoms with Gasteiger partial charge >= 0.3 is 0 Å². The zero-order valence-corrected chi connectivity index (χ0v) is 9.44. The number of aryl methyl sites for hydroxylation is 1. The van der Waals surface area contributed by atoms with E-state index in [4.69, 9.17) is 0 Å². The summed E-state index contributed by atoms with van der Waals surface area (Å²) in [4.78, 5) is 14.1. The molecule has 0 saturated carbocycles. The number of aromatic nitrogens is 1. The number of amides is 1. The van der Waals surface area contributed by atoms with Gasteiger partial charge in [0.05, 0.1) is 0 Å². The van der Waals surface area contributed by atoms with Crippen molar-refractivity contribution in [3.63, 3.8) is 0 Å². The minimum absolute atomic E-state index is 0.175. The molecule has 15 heavy (non-hydrogen) atoms. The monoisotopic (exact) mass is 206 g/mol. The number of carbonyl (C=O) groups is 1. The normalized spacial score (nSPS) is 21.7. The summed E-state index contributed by atoms with van der Waals surface area (Å²) in [5, 5.41) is 0. The maximum atomic E-state index is 12.1. The van der Waals surface area contributed by atoms with Crippen molar-refractivity contribution in [1.29, 1.82) is 0 Å². The van der Waals surface area contributed by atoms with Crippen molar-refractivity contribution in [1.82, 2.24) is 9.47 Å². The van der Waals surface area contributed by atoms with E-state index in [1.54, 1.807) is 0 Å². The summed E-state index contributed by atoms with van der Waals surface area (Å²) in [6.45, 7) is 4.03. The van der Waals surface area contributed by atoms with E-state index in [9.17, 15) is 4.79 Å². The predicted octanol–water partition coefficient (Wildman–Crippen LogP) is 1.90. The molecule has 1 saturated heterocycles. The molecular weight excluding hydrogens is 188 g/mol. The van der Waals surface area contributed by atoms with E-state index in [1.165, 1.54) is 6.42 Å². The molecule has 0 bridgehead atoms. The van der Waals surface area contributed by atoms with E-state index >= 15 is 0 Å². The highest BCUT2D eigenvalue weighted by atomic mass is 16.2. The first-order chi connectivity index (χ1) is 7.18. The van der Waals surface area contributed by atoms with E-state index in [1.807, 2.05) is 34.8 Å². The molecule has 2 heterocycles. The van der Waals surface area contributed by atoms with E-state index in [0.29, 0.717) is 5.92 Å². The molecule has 82 valence electrons. The summed E-state index contributed by atoms with van der Waals surface area (Å²) >= 11 is 0. The van der Waals surface area contributed by atoms with Crippen LogP contribution in [-0.4, -0.2) is 28.5 Å². The fraction of sp³-hybridized carbons (Fsp3) is 0.583. The Morgan fingerprint density at radius 2 is 2.33 bits per heavy atom. The second kappa shape index (κ2) is 4.09. The number of hydrogen-bond donors (Lipinski definition) is 0. The number of piperidine rings is 1. The lowest BCUT2D eigenvalue weighted by atomic mass is 10.00. The Bertz CT molecular complexity index is 356. The smallest absolute Gasteiger partial charge is 0.270 e. The van der Waals surface area contributed by atoms with E-state index in [-0.39, 0.29) is 5.91 Å². The average molecular weight is 206 g/mol. The standard InChI is InChI=1S/C12H18N2O/c1-10-5-3-8-14(9-10)12(15)11-6-4-7-13(11)2/h4,6-7,10H,3,5,8-9H2,1-2H3. The summed E-state index contributed by atoms with van der Waals surface area (Å²) in [6, 6.07) is 3.81. The fourth-order valence-corrected chi connectivity index (χ4v) is 2.22. The Morgan fingerprint density at radius 1 is 1.53 bits per heavy atom. The average Bonchev–Trinajstić information content (AvgIpc) is 2.63. The minimum Gasteiger partial charge on any atom is -0.347 e. The van der Waals surface area contributed by atoms with Gasteiger partial charge in [-0.2, -0.15) is 0 Å². The van der Waals surface area contributed by atoms with Crippen molar-refractivity contribution in [2.24, 2.45) is 13.0 Å². The lowest BCUT2D eigenvalue weighted by Gasteiger charge is -2.30. The third kappa shape index (κ3) is 2.06. The number of rotatable bonds is 1. The zero-order chi connectivity index (χ0) is 10.8. The Hall–Kier alpha value is -1.25. The topological polar surface area (TPSA) is 25.2 Å². The second-order valence-electron chi connectivity index (χ2n) is 4.50. The van der Waals surface area contributed by atoms with Gasteiger partial charge in [-0.25, -0.2) is 0 Å². The van der Waals surface area contributed by atoms with E-state index in [0.717, 1.165) is 25.2 Å². The van der Waals surface area contributed by atoms with Gasteiger partial charge in [0.2, 0.25) is 0 Å². The largest absolute Gasteiger partial charge is 0.347 e. The summed E-state index contributed by atoms with van der Waals surface area (Å²) in [6.07, 6.45) is 4.30. The van der Waals surface area contributed by atoms with Gasteiger partial charge in [0, 0.05) is 26.3 Å². The molecule has 0 aromatic carbocycles. The predicted molar refractivity (Wildman–Crippen MR) is 59.7 cm³/mol. The molecule has 1 amide bonds. The van der Waals surface area contributed by atoms with Gasteiger partial charge in [-0.3, -0.25) is 4.79 Å². The highest BCUT2D eigenvalue weighted by Crippen LogP contribution is 2.17. The van der Waals surface area contributed by atoms with Gasteiger partial charge < -0.3 is 9.47 Å². The molecule has 1 atom stereocenters. The van der Waals surface area contributed by atoms with Crippen molar-refractivity contribution in [2.75, 3.05) is 13.1 Å². The molecule has 2 rings (SSSR count). The highest BCUT2D eigenvalue weighted by molar-refractivity contribution is 5.92. The van der Waals surface area contributed by atoms with Gasteiger partial charge in [-0.1, -0.05) is 6.92 Å². The third-order valence-electron chi connectivity index (χ3n) is 3.11. The number of hydrogen-bond acceptors (Lipinski definition) is 1. The summed E-state index contributed by atoms with van der Waals surface area (Å²) in [5.41, 5.74) is 0.795. The van der Waals surface area contributed by atoms with E-state index < -0.39 is 0 Å². The van der Waals surface area contributed by atoms with Gasteiger partial charge in [0.1, 0.15) is 5.69 Å². The maximum absolute atomic E-state index is 12.1. The molecule has 0 aliphatic carbocycles. The summed E-state index contributed by atoms with van der Waals surface area (Å²) in [5.74, 6) is 0.817. The van der Waals surface area contributed by atoms with Crippen LogP contribution >= 0.6 is 0 Å². The van der Waals surface area contributed by atoms with Crippen LogP contribution in [0.5, 0.6) is 0 Å². The molecule has 1 aromatic heterocycles. The van der Waals surface area contributed by atoms with Crippen LogP contribution in [0.2, 0.25) is 0 Å². The quantitative estimate of drug-likeness (QED) is 0.689. The van der Waals surface area contributed by atoms with Crippen LogP contribution in [0.25, 0.3) is 0 Å². The van der Waals surface area contributed by atoms with Crippen LogP contribution in [0, 0.1) is 5.92 Å². The SMILES string of the molecule is CC1CCCN(C(=O)c2cccn2C)C1. The summed E-state index contributed by atoms with van der Waals surface area (Å²) in [7, 11) is 1.92. The van der Waals surface area contributed by atoms with E-state index in [2.05, 4.69) is 6.92 Å². The maximum Gasteiger partial charge on any atom is 0.270 e. The Morgan fingerprint density at radius 3 is 2.93 bits per heavy atom. The van der Waals surface area contributed by atoms with Gasteiger partial charge in [-0.05, 0) is 30.9 Å². The molecular formula is C12H18N2O. The first-order valence-corrected chi connectivity index (χ1v) is 5.59. The van der Waals surface area contributed by atoms with Gasteiger partial charge in [-0.15, -0.1) is 0 Å². The lowest BCUT2D eigenvalue weighted by Crippen LogP contribution is -2.39. The van der Waals surface area contributed by atoms with Crippen molar-refractivity contribution < 1.29 is 4.79 Å². The molecule has 3 nitrogen and oxygen atoms in total. The summed E-state index contributed by atoms with van der Waals surface area (Å²) < 4.78 is 1.89. The highest BCUT2D eigenvalue weighted by Gasteiger charge is 2.22. The van der Waals surface area contributed by atoms with Crippen LogP contribution in [0.4, 0.5) is 0 Å². The fourth-order valence-electron chi connectivity index (χ4n) is 2.22. The zero-order valence-electron chi connectivity index (χ0n) is 9.44. The van der Waals surface area contributed by atoms with Gasteiger partial charge in [0.25, 0.3) is 5.91 Å². The van der Waals surface area contributed by atoms with Crippen molar-refractivity contribution in [3.05, 3.63) is 24.0 Å². The molecule has 3 heteroatoms. The molecule has 1 unspecified atom stereocenters. The Labute approximate surface area is 90.7 Å². The first-order valence-electron chi connectivity index (χ1n) is 5.59. The molecule has 1 fully saturated rings. The van der Waals surface area contributed by atoms with Crippen LogP contribution in [0.15, 0.2) is 18.3 Å². The first kappa shape index (κ1) is 10.3. The van der Waals surface area contributed by atoms with Crippen molar-refractivity contribution in [2.45, 2.75) is 19.8 Å². The Balaban J connectivity index is 2.11. The lowest BCUT2D eigenvalue weighted by molar-refractivity contribution is 0.0673. The molecule has 0 spiro atoms. The number of likely N-dealkylation sites (tertiary alicyclic amines) is 1. The Kier molecular flexibility index (Phi) is 2.80. The van der Waals surface area contributed by atoms with Crippen molar-refractivity contribution in [3.8, 4) is 0 Å². The van der Waals surface area contributed by atoms with Crippen LogP contribution in [-0.2, 0) is 7.05 Å².